The summed E-state index contributed by atoms with van der Waals surface area (Å²) in [5, 5.41) is 0. The molecule has 0 heterocycles. The fourth-order valence-electron chi connectivity index (χ4n) is 5.40. The second-order valence-corrected chi connectivity index (χ2v) is 14.7. The van der Waals surface area contributed by atoms with Gasteiger partial charge in [-0.15, -0.1) is 0 Å². The molecular weight excluding hydrogens is 651 g/mol. The molecule has 0 rings (SSSR count). The number of hydrogen-bond donors (Lipinski definition) is 1. The van der Waals surface area contributed by atoms with E-state index in [1.54, 1.807) is 6.92 Å². The van der Waals surface area contributed by atoms with Gasteiger partial charge in [-0.3, -0.25) is 18.6 Å². The van der Waals surface area contributed by atoms with E-state index in [0.717, 1.165) is 83.5 Å². The molecule has 0 amide bonds. The quantitative estimate of drug-likeness (QED) is 0.0292. The average Bonchev–Trinajstić information content (AvgIpc) is 3.09. The lowest BCUT2D eigenvalue weighted by Crippen LogP contribution is -2.29. The topological polar surface area (TPSA) is 108 Å². The zero-order valence-corrected chi connectivity index (χ0v) is 33.2. The third-order valence-corrected chi connectivity index (χ3v) is 9.48. The third-order valence-electron chi connectivity index (χ3n) is 8.42. The van der Waals surface area contributed by atoms with Crippen LogP contribution in [-0.2, 0) is 32.7 Å². The Bertz CT molecular complexity index is 916. The molecule has 0 aliphatic rings. The molecule has 1 N–H and O–H groups in total. The first-order valence-corrected chi connectivity index (χ1v) is 21.8. The van der Waals surface area contributed by atoms with Gasteiger partial charge in [0, 0.05) is 12.8 Å². The highest BCUT2D eigenvalue weighted by molar-refractivity contribution is 7.47. The molecule has 50 heavy (non-hydrogen) atoms. The van der Waals surface area contributed by atoms with E-state index in [9.17, 15) is 19.0 Å². The first-order chi connectivity index (χ1) is 24.3. The first kappa shape index (κ1) is 48.3. The minimum Gasteiger partial charge on any atom is -0.462 e. The van der Waals surface area contributed by atoms with E-state index in [2.05, 4.69) is 50.3 Å². The lowest BCUT2D eigenvalue weighted by Gasteiger charge is -2.19. The van der Waals surface area contributed by atoms with E-state index in [-0.39, 0.29) is 32.0 Å². The Kier molecular flexibility index (Phi) is 35.8. The third kappa shape index (κ3) is 36.1. The molecule has 0 saturated heterocycles. The van der Waals surface area contributed by atoms with E-state index in [0.29, 0.717) is 6.42 Å². The van der Waals surface area contributed by atoms with Gasteiger partial charge in [-0.2, -0.15) is 0 Å². The van der Waals surface area contributed by atoms with Gasteiger partial charge in [-0.25, -0.2) is 4.57 Å². The van der Waals surface area contributed by atoms with Crippen molar-refractivity contribution in [2.24, 2.45) is 0 Å². The number of ether oxygens (including phenoxy) is 2. The molecule has 0 aliphatic carbocycles. The van der Waals surface area contributed by atoms with Gasteiger partial charge in [0.15, 0.2) is 6.10 Å². The number of phosphoric ester groups is 1. The van der Waals surface area contributed by atoms with E-state index in [4.69, 9.17) is 18.5 Å². The predicted octanol–water partition coefficient (Wildman–Crippen LogP) is 12.4. The molecule has 292 valence electrons. The van der Waals surface area contributed by atoms with Crippen LogP contribution in [0, 0.1) is 0 Å². The average molecular weight is 727 g/mol. The summed E-state index contributed by atoms with van der Waals surface area (Å²) in [6.07, 6.45) is 40.5. The number of unbranched alkanes of at least 4 members (excludes halogenated alkanes) is 19. The normalized spacial score (nSPS) is 13.8. The summed E-state index contributed by atoms with van der Waals surface area (Å²) in [5.74, 6) is -0.823. The summed E-state index contributed by atoms with van der Waals surface area (Å²) >= 11 is 0. The number of rotatable bonds is 37. The molecule has 0 bridgehead atoms. The first-order valence-electron chi connectivity index (χ1n) is 20.3. The van der Waals surface area contributed by atoms with Crippen LogP contribution >= 0.6 is 7.82 Å². The maximum Gasteiger partial charge on any atom is 0.472 e. The van der Waals surface area contributed by atoms with Crippen molar-refractivity contribution in [3.05, 3.63) is 36.5 Å². The highest BCUT2D eigenvalue weighted by Crippen LogP contribution is 2.43. The predicted molar refractivity (Wildman–Crippen MR) is 207 cm³/mol. The monoisotopic (exact) mass is 727 g/mol. The van der Waals surface area contributed by atoms with Gasteiger partial charge in [0.2, 0.25) is 0 Å². The van der Waals surface area contributed by atoms with Crippen LogP contribution in [0.15, 0.2) is 36.5 Å². The molecule has 0 fully saturated rings. The van der Waals surface area contributed by atoms with Crippen molar-refractivity contribution < 1.29 is 37.6 Å². The summed E-state index contributed by atoms with van der Waals surface area (Å²) < 4.78 is 32.5. The minimum absolute atomic E-state index is 0.00398. The maximum atomic E-state index is 12.5. The Morgan fingerprint density at radius 3 is 1.50 bits per heavy atom. The van der Waals surface area contributed by atoms with Gasteiger partial charge in [0.25, 0.3) is 0 Å². The van der Waals surface area contributed by atoms with Crippen LogP contribution in [-0.4, -0.2) is 42.8 Å². The Morgan fingerprint density at radius 2 is 0.980 bits per heavy atom. The second kappa shape index (κ2) is 37.0. The zero-order valence-electron chi connectivity index (χ0n) is 32.3. The summed E-state index contributed by atoms with van der Waals surface area (Å²) in [6, 6.07) is 0. The second-order valence-electron chi connectivity index (χ2n) is 13.3. The van der Waals surface area contributed by atoms with Gasteiger partial charge in [0.05, 0.1) is 13.2 Å². The van der Waals surface area contributed by atoms with Gasteiger partial charge in [-0.1, -0.05) is 140 Å². The van der Waals surface area contributed by atoms with Crippen molar-refractivity contribution in [1.82, 2.24) is 0 Å². The Hall–Kier alpha value is -1.73. The fourth-order valence-corrected chi connectivity index (χ4v) is 6.16. The summed E-state index contributed by atoms with van der Waals surface area (Å²) in [5.41, 5.74) is 0. The number of esters is 2. The maximum absolute atomic E-state index is 12.5. The van der Waals surface area contributed by atoms with Crippen molar-refractivity contribution in [3.8, 4) is 0 Å². The van der Waals surface area contributed by atoms with E-state index >= 15 is 0 Å². The Labute approximate surface area is 306 Å². The smallest absolute Gasteiger partial charge is 0.462 e. The van der Waals surface area contributed by atoms with Crippen LogP contribution in [0.2, 0.25) is 0 Å². The van der Waals surface area contributed by atoms with Crippen LogP contribution in [0.25, 0.3) is 0 Å². The molecule has 2 atom stereocenters. The molecule has 2 unspecified atom stereocenters. The summed E-state index contributed by atoms with van der Waals surface area (Å²) in [7, 11) is -4.28. The number of phosphoric acid groups is 1. The summed E-state index contributed by atoms with van der Waals surface area (Å²) in [4.78, 5) is 34.6. The van der Waals surface area contributed by atoms with Crippen molar-refractivity contribution in [2.45, 2.75) is 194 Å². The number of allylic oxidation sites excluding steroid dienone is 6. The minimum atomic E-state index is -4.28. The van der Waals surface area contributed by atoms with Crippen LogP contribution in [0.5, 0.6) is 0 Å². The fraction of sp³-hybridized carbons (Fsp3) is 0.805. The van der Waals surface area contributed by atoms with Crippen LogP contribution < -0.4 is 0 Å². The zero-order chi connectivity index (χ0) is 36.8. The molecule has 0 saturated carbocycles. The Balaban J connectivity index is 4.15. The summed E-state index contributed by atoms with van der Waals surface area (Å²) in [6.45, 7) is 5.40. The van der Waals surface area contributed by atoms with Gasteiger partial charge >= 0.3 is 19.8 Å². The van der Waals surface area contributed by atoms with Crippen LogP contribution in [0.3, 0.4) is 0 Å². The number of hydrogen-bond acceptors (Lipinski definition) is 7. The molecule has 0 aliphatic heterocycles. The molecule has 9 heteroatoms. The van der Waals surface area contributed by atoms with Crippen molar-refractivity contribution in [3.63, 3.8) is 0 Å². The number of carbonyl (C=O) groups excluding carboxylic acids is 2. The van der Waals surface area contributed by atoms with Crippen molar-refractivity contribution in [1.29, 1.82) is 0 Å². The lowest BCUT2D eigenvalue weighted by molar-refractivity contribution is -0.161. The molecule has 0 aromatic carbocycles. The van der Waals surface area contributed by atoms with Crippen LogP contribution in [0.4, 0.5) is 0 Å². The largest absolute Gasteiger partial charge is 0.472 e. The van der Waals surface area contributed by atoms with Crippen molar-refractivity contribution >= 4 is 19.8 Å². The van der Waals surface area contributed by atoms with Crippen molar-refractivity contribution in [2.75, 3.05) is 19.8 Å². The van der Waals surface area contributed by atoms with Gasteiger partial charge < -0.3 is 14.4 Å². The molecule has 0 spiro atoms. The van der Waals surface area contributed by atoms with Gasteiger partial charge in [-0.05, 0) is 71.1 Å². The van der Waals surface area contributed by atoms with Gasteiger partial charge in [0.1, 0.15) is 6.61 Å². The molecule has 8 nitrogen and oxygen atoms in total. The standard InChI is InChI=1S/C41H75O8P/c1-4-7-9-11-13-15-17-19-21-22-24-25-27-29-31-33-35-40(42)46-37-39(38-48-50(44,45)47-6-3)49-41(43)36-34-32-30-28-26-23-20-18-16-14-12-10-8-5-2/h12,14,18,20-22,39H,4-11,13,15-17,19,23-38H2,1-3H3,(H,44,45)/b14-12-,20-18-,22-21-. The molecular formula is C41H75O8P. The SMILES string of the molecule is CCCC/C=C\C/C=C\CCCCCCCC(=O)OC(COC(=O)CCCCCCC/C=C\CCCCCCCCC)COP(=O)(O)OCC. The van der Waals surface area contributed by atoms with Crippen LogP contribution in [0.1, 0.15) is 188 Å². The Morgan fingerprint density at radius 1 is 0.540 bits per heavy atom. The highest BCUT2D eigenvalue weighted by Gasteiger charge is 2.25. The molecule has 0 aromatic heterocycles. The molecule has 0 radical (unpaired) electrons. The lowest BCUT2D eigenvalue weighted by atomic mass is 10.1. The number of carbonyl (C=O) groups is 2. The highest BCUT2D eigenvalue weighted by atomic mass is 31.2. The van der Waals surface area contributed by atoms with E-state index in [1.165, 1.54) is 64.2 Å². The van der Waals surface area contributed by atoms with E-state index in [1.807, 2.05) is 0 Å². The molecule has 0 aromatic rings. The van der Waals surface area contributed by atoms with E-state index < -0.39 is 26.5 Å².